The lowest BCUT2D eigenvalue weighted by molar-refractivity contribution is -0.139. The van der Waals surface area contributed by atoms with E-state index in [4.69, 9.17) is 5.11 Å². The van der Waals surface area contributed by atoms with E-state index in [1.54, 1.807) is 0 Å². The van der Waals surface area contributed by atoms with E-state index >= 15 is 0 Å². The van der Waals surface area contributed by atoms with Crippen LogP contribution in [0.4, 0.5) is 4.79 Å². The van der Waals surface area contributed by atoms with Crippen molar-refractivity contribution in [3.05, 3.63) is 0 Å². The first-order chi connectivity index (χ1) is 11.5. The Balaban J connectivity index is 3.54. The van der Waals surface area contributed by atoms with Gasteiger partial charge in [0.25, 0.3) is 0 Å². The highest BCUT2D eigenvalue weighted by atomic mass is 16.4. The molecular weight excluding hydrogens is 308 g/mol. The number of Topliss-reactive ketones (excluding diaryl/α,β-unsaturated/α-hetero) is 1. The Morgan fingerprint density at radius 2 is 1.38 bits per heavy atom. The van der Waals surface area contributed by atoms with E-state index in [1.807, 2.05) is 0 Å². The highest BCUT2D eigenvalue weighted by Gasteiger charge is 2.19. The van der Waals surface area contributed by atoms with Crippen LogP contribution in [0.5, 0.6) is 0 Å². The molecule has 3 N–H and O–H groups in total. The summed E-state index contributed by atoms with van der Waals surface area (Å²) in [4.78, 5) is 33.5. The molecule has 0 rings (SSSR count). The van der Waals surface area contributed by atoms with Crippen molar-refractivity contribution in [2.45, 2.75) is 90.5 Å². The van der Waals surface area contributed by atoms with Crippen LogP contribution >= 0.6 is 0 Å². The number of aliphatic carboxylic acids is 1. The number of hydrogen-bond donors (Lipinski definition) is 3. The average Bonchev–Trinajstić information content (AvgIpc) is 2.51. The summed E-state index contributed by atoms with van der Waals surface area (Å²) < 4.78 is 0. The molecule has 2 amide bonds. The summed E-state index contributed by atoms with van der Waals surface area (Å²) in [5.74, 6) is -1.46. The van der Waals surface area contributed by atoms with Crippen molar-refractivity contribution in [1.29, 1.82) is 0 Å². The topological polar surface area (TPSA) is 95.5 Å². The van der Waals surface area contributed by atoms with Crippen molar-refractivity contribution < 1.29 is 19.5 Å². The molecule has 0 spiro atoms. The van der Waals surface area contributed by atoms with Crippen LogP contribution in [0.25, 0.3) is 0 Å². The van der Waals surface area contributed by atoms with Crippen LogP contribution in [0, 0.1) is 0 Å². The lowest BCUT2D eigenvalue weighted by Gasteiger charge is -2.14. The number of rotatable bonds is 15. The van der Waals surface area contributed by atoms with Gasteiger partial charge in [0.15, 0.2) is 5.78 Å². The number of carboxylic acids is 1. The number of carbonyl (C=O) groups is 3. The monoisotopic (exact) mass is 342 g/mol. The molecule has 1 unspecified atom stereocenters. The van der Waals surface area contributed by atoms with Gasteiger partial charge in [-0.25, -0.2) is 4.79 Å². The average molecular weight is 342 g/mol. The second-order valence-electron chi connectivity index (χ2n) is 6.34. The summed E-state index contributed by atoms with van der Waals surface area (Å²) in [5, 5.41) is 13.8. The van der Waals surface area contributed by atoms with Gasteiger partial charge in [-0.1, -0.05) is 64.7 Å². The zero-order valence-electron chi connectivity index (χ0n) is 15.2. The number of ketones is 1. The molecule has 0 aliphatic rings. The third-order valence-corrected chi connectivity index (χ3v) is 3.99. The lowest BCUT2D eigenvalue weighted by atomic mass is 10.1. The fourth-order valence-electron chi connectivity index (χ4n) is 2.49. The van der Waals surface area contributed by atoms with Crippen LogP contribution in [0.3, 0.4) is 0 Å². The highest BCUT2D eigenvalue weighted by molar-refractivity contribution is 5.90. The molecule has 0 aromatic heterocycles. The Bertz CT molecular complexity index is 372. The van der Waals surface area contributed by atoms with Gasteiger partial charge in [-0.2, -0.15) is 0 Å². The quantitative estimate of drug-likeness (QED) is 0.396. The molecule has 1 atom stereocenters. The predicted molar refractivity (Wildman–Crippen MR) is 95.1 cm³/mol. The summed E-state index contributed by atoms with van der Waals surface area (Å²) in [6.07, 6.45) is 11.9. The summed E-state index contributed by atoms with van der Waals surface area (Å²) in [7, 11) is 0. The molecule has 6 heteroatoms. The van der Waals surface area contributed by atoms with Gasteiger partial charge >= 0.3 is 12.0 Å². The molecule has 0 aromatic carbocycles. The highest BCUT2D eigenvalue weighted by Crippen LogP contribution is 2.10. The smallest absolute Gasteiger partial charge is 0.315 e. The molecule has 0 bridgehead atoms. The molecule has 0 aliphatic carbocycles. The van der Waals surface area contributed by atoms with Crippen molar-refractivity contribution in [2.24, 2.45) is 0 Å². The summed E-state index contributed by atoms with van der Waals surface area (Å²) in [6.45, 7) is 4.04. The minimum absolute atomic E-state index is 0.355. The van der Waals surface area contributed by atoms with Gasteiger partial charge in [0.2, 0.25) is 0 Å². The minimum Gasteiger partial charge on any atom is -0.481 e. The molecule has 0 aliphatic heterocycles. The zero-order chi connectivity index (χ0) is 18.2. The number of carbonyl (C=O) groups excluding carboxylic acids is 2. The first kappa shape index (κ1) is 22.4. The Labute approximate surface area is 145 Å². The van der Waals surface area contributed by atoms with Gasteiger partial charge in [-0.15, -0.1) is 0 Å². The third kappa shape index (κ3) is 14.0. The molecule has 6 nitrogen and oxygen atoms in total. The fourth-order valence-corrected chi connectivity index (χ4v) is 2.49. The van der Waals surface area contributed by atoms with Crippen molar-refractivity contribution in [1.82, 2.24) is 10.6 Å². The van der Waals surface area contributed by atoms with Crippen LogP contribution in [0.1, 0.15) is 84.5 Å². The molecule has 0 heterocycles. The van der Waals surface area contributed by atoms with E-state index in [0.29, 0.717) is 6.54 Å². The van der Waals surface area contributed by atoms with Gasteiger partial charge in [0.05, 0.1) is 12.5 Å². The van der Waals surface area contributed by atoms with Gasteiger partial charge in [0.1, 0.15) is 0 Å². The Hall–Kier alpha value is -1.59. The number of amides is 2. The minimum atomic E-state index is -1.11. The standard InChI is InChI=1S/C18H34N2O4/c1-3-4-5-6-7-8-9-10-11-12-13-19-18(24)20-16(15(2)21)14-17(22)23/h16H,3-14H2,1-2H3,(H,22,23)(H2,19,20,24). The maximum absolute atomic E-state index is 11.6. The van der Waals surface area contributed by atoms with E-state index in [0.717, 1.165) is 12.8 Å². The van der Waals surface area contributed by atoms with Gasteiger partial charge in [-0.3, -0.25) is 9.59 Å². The second-order valence-corrected chi connectivity index (χ2v) is 6.34. The van der Waals surface area contributed by atoms with Crippen LogP contribution in [-0.2, 0) is 9.59 Å². The third-order valence-electron chi connectivity index (χ3n) is 3.99. The molecule has 140 valence electrons. The molecule has 0 aromatic rings. The summed E-state index contributed by atoms with van der Waals surface area (Å²) in [5.41, 5.74) is 0. The maximum Gasteiger partial charge on any atom is 0.315 e. The number of nitrogens with one attached hydrogen (secondary N) is 2. The van der Waals surface area contributed by atoms with Gasteiger partial charge < -0.3 is 15.7 Å². The number of unbranched alkanes of at least 4 members (excludes halogenated alkanes) is 9. The van der Waals surface area contributed by atoms with Crippen LogP contribution < -0.4 is 10.6 Å². The largest absolute Gasteiger partial charge is 0.481 e. The van der Waals surface area contributed by atoms with E-state index in [1.165, 1.54) is 58.3 Å². The van der Waals surface area contributed by atoms with Crippen molar-refractivity contribution in [3.63, 3.8) is 0 Å². The van der Waals surface area contributed by atoms with Crippen LogP contribution in [0.15, 0.2) is 0 Å². The first-order valence-corrected chi connectivity index (χ1v) is 9.24. The van der Waals surface area contributed by atoms with E-state index in [-0.39, 0.29) is 12.2 Å². The number of urea groups is 1. The summed E-state index contributed by atoms with van der Waals surface area (Å²) in [6, 6.07) is -1.44. The van der Waals surface area contributed by atoms with E-state index < -0.39 is 18.0 Å². The van der Waals surface area contributed by atoms with Crippen LogP contribution in [0.2, 0.25) is 0 Å². The normalized spacial score (nSPS) is 11.8. The zero-order valence-corrected chi connectivity index (χ0v) is 15.2. The molecular formula is C18H34N2O4. The summed E-state index contributed by atoms with van der Waals surface area (Å²) >= 11 is 0. The Morgan fingerprint density at radius 3 is 1.83 bits per heavy atom. The Kier molecular flexibility index (Phi) is 14.0. The molecule has 0 fully saturated rings. The molecule has 0 radical (unpaired) electrons. The fraction of sp³-hybridized carbons (Fsp3) is 0.833. The number of carboxylic acid groups (broad SMARTS) is 1. The maximum atomic E-state index is 11.6. The van der Waals surface area contributed by atoms with E-state index in [2.05, 4.69) is 17.6 Å². The predicted octanol–water partition coefficient (Wildman–Crippen LogP) is 3.64. The Morgan fingerprint density at radius 1 is 0.875 bits per heavy atom. The van der Waals surface area contributed by atoms with Crippen molar-refractivity contribution >= 4 is 17.8 Å². The lowest BCUT2D eigenvalue weighted by Crippen LogP contribution is -2.46. The van der Waals surface area contributed by atoms with Gasteiger partial charge in [0, 0.05) is 6.54 Å². The number of hydrogen-bond acceptors (Lipinski definition) is 3. The van der Waals surface area contributed by atoms with Gasteiger partial charge in [-0.05, 0) is 13.3 Å². The molecule has 24 heavy (non-hydrogen) atoms. The van der Waals surface area contributed by atoms with Crippen molar-refractivity contribution in [2.75, 3.05) is 6.54 Å². The SMILES string of the molecule is CCCCCCCCCCCCNC(=O)NC(CC(=O)O)C(C)=O. The van der Waals surface area contributed by atoms with Crippen molar-refractivity contribution in [3.8, 4) is 0 Å². The molecule has 0 saturated heterocycles. The second kappa shape index (κ2) is 15.0. The van der Waals surface area contributed by atoms with E-state index in [9.17, 15) is 14.4 Å². The molecule has 0 saturated carbocycles. The first-order valence-electron chi connectivity index (χ1n) is 9.24. The van der Waals surface area contributed by atoms with Crippen LogP contribution in [-0.4, -0.2) is 35.5 Å².